The first-order valence-electron chi connectivity index (χ1n) is 4.10. The predicted molar refractivity (Wildman–Crippen MR) is 55.4 cm³/mol. The van der Waals surface area contributed by atoms with E-state index >= 15 is 0 Å². The summed E-state index contributed by atoms with van der Waals surface area (Å²) in [5, 5.41) is 0. The van der Waals surface area contributed by atoms with E-state index in [-0.39, 0.29) is 0 Å². The Morgan fingerprint density at radius 1 is 1.08 bits per heavy atom. The molecule has 12 heavy (non-hydrogen) atoms. The van der Waals surface area contributed by atoms with Crippen molar-refractivity contribution in [1.29, 1.82) is 0 Å². The second kappa shape index (κ2) is 7.19. The summed E-state index contributed by atoms with van der Waals surface area (Å²) in [7, 11) is 1.67. The molecule has 0 aliphatic rings. The zero-order valence-corrected chi connectivity index (χ0v) is 8.94. The van der Waals surface area contributed by atoms with Crippen LogP contribution in [-0.2, 0) is 4.18 Å². The monoisotopic (exact) mass is 184 g/mol. The third kappa shape index (κ3) is 4.42. The van der Waals surface area contributed by atoms with Crippen molar-refractivity contribution in [3.63, 3.8) is 0 Å². The zero-order chi connectivity index (χ0) is 9.40. The lowest BCUT2D eigenvalue weighted by Gasteiger charge is -1.96. The zero-order valence-electron chi connectivity index (χ0n) is 8.13. The molecule has 1 nitrogen and oxygen atoms in total. The molecule has 0 amide bonds. The summed E-state index contributed by atoms with van der Waals surface area (Å²) in [6.07, 6.45) is 0. The van der Waals surface area contributed by atoms with Crippen LogP contribution in [0.5, 0.6) is 0 Å². The van der Waals surface area contributed by atoms with Gasteiger partial charge in [0, 0.05) is 16.9 Å². The molecule has 0 spiro atoms. The molecular weight excluding hydrogens is 168 g/mol. The van der Waals surface area contributed by atoms with Crippen LogP contribution in [0.25, 0.3) is 0 Å². The highest BCUT2D eigenvalue weighted by atomic mass is 32.2. The van der Waals surface area contributed by atoms with Gasteiger partial charge in [0.2, 0.25) is 0 Å². The molecule has 0 heterocycles. The van der Waals surface area contributed by atoms with E-state index < -0.39 is 0 Å². The highest BCUT2D eigenvalue weighted by Crippen LogP contribution is 2.17. The summed E-state index contributed by atoms with van der Waals surface area (Å²) in [6, 6.07) is 8.23. The Morgan fingerprint density at radius 3 is 2.00 bits per heavy atom. The Hall–Kier alpha value is -0.470. The van der Waals surface area contributed by atoms with E-state index in [4.69, 9.17) is 4.18 Å². The van der Waals surface area contributed by atoms with Crippen LogP contribution < -0.4 is 0 Å². The first kappa shape index (κ1) is 11.5. The minimum Gasteiger partial charge on any atom is -0.314 e. The second-order valence-corrected chi connectivity index (χ2v) is 3.03. The summed E-state index contributed by atoms with van der Waals surface area (Å²) in [5.41, 5.74) is 1.28. The SMILES string of the molecule is CC.COSc1ccc(C)cc1. The average Bonchev–Trinajstić information content (AvgIpc) is 2.13. The van der Waals surface area contributed by atoms with E-state index in [9.17, 15) is 0 Å². The maximum atomic E-state index is 4.88. The summed E-state index contributed by atoms with van der Waals surface area (Å²) in [4.78, 5) is 1.15. The first-order chi connectivity index (χ1) is 5.83. The minimum atomic E-state index is 1.15. The molecule has 0 unspecified atom stereocenters. The van der Waals surface area contributed by atoms with E-state index in [1.165, 1.54) is 17.6 Å². The van der Waals surface area contributed by atoms with E-state index in [2.05, 4.69) is 19.1 Å². The van der Waals surface area contributed by atoms with E-state index in [1.807, 2.05) is 26.0 Å². The number of rotatable bonds is 2. The van der Waals surface area contributed by atoms with Gasteiger partial charge in [0.05, 0.1) is 7.11 Å². The Kier molecular flexibility index (Phi) is 6.91. The molecule has 1 aromatic carbocycles. The molecule has 0 atom stereocenters. The number of hydrogen-bond acceptors (Lipinski definition) is 2. The van der Waals surface area contributed by atoms with Gasteiger partial charge in [-0.05, 0) is 19.1 Å². The molecule has 1 aromatic rings. The first-order valence-corrected chi connectivity index (χ1v) is 4.84. The Bertz CT molecular complexity index is 193. The van der Waals surface area contributed by atoms with E-state index in [0.717, 1.165) is 4.90 Å². The van der Waals surface area contributed by atoms with Crippen molar-refractivity contribution in [1.82, 2.24) is 0 Å². The molecular formula is C10H16OS. The van der Waals surface area contributed by atoms with Crippen LogP contribution >= 0.6 is 12.0 Å². The summed E-state index contributed by atoms with van der Waals surface area (Å²) in [6.45, 7) is 6.07. The summed E-state index contributed by atoms with van der Waals surface area (Å²) >= 11 is 1.38. The fraction of sp³-hybridized carbons (Fsp3) is 0.400. The van der Waals surface area contributed by atoms with Crippen LogP contribution in [-0.4, -0.2) is 7.11 Å². The van der Waals surface area contributed by atoms with Crippen molar-refractivity contribution in [3.05, 3.63) is 29.8 Å². The van der Waals surface area contributed by atoms with Gasteiger partial charge >= 0.3 is 0 Å². The van der Waals surface area contributed by atoms with E-state index in [0.29, 0.717) is 0 Å². The molecule has 0 saturated heterocycles. The van der Waals surface area contributed by atoms with Crippen molar-refractivity contribution in [2.45, 2.75) is 25.7 Å². The van der Waals surface area contributed by atoms with Crippen molar-refractivity contribution in [2.24, 2.45) is 0 Å². The molecule has 0 N–H and O–H groups in total. The van der Waals surface area contributed by atoms with Crippen molar-refractivity contribution < 1.29 is 4.18 Å². The van der Waals surface area contributed by atoms with Crippen molar-refractivity contribution in [3.8, 4) is 0 Å². The average molecular weight is 184 g/mol. The third-order valence-electron chi connectivity index (χ3n) is 1.20. The highest BCUT2D eigenvalue weighted by molar-refractivity contribution is 7.94. The van der Waals surface area contributed by atoms with Gasteiger partial charge in [-0.25, -0.2) is 0 Å². The maximum absolute atomic E-state index is 4.88. The van der Waals surface area contributed by atoms with Crippen molar-refractivity contribution in [2.75, 3.05) is 7.11 Å². The molecule has 1 rings (SSSR count). The number of aryl methyl sites for hydroxylation is 1. The van der Waals surface area contributed by atoms with Crippen LogP contribution in [0.15, 0.2) is 29.2 Å². The van der Waals surface area contributed by atoms with Crippen LogP contribution in [0.1, 0.15) is 19.4 Å². The van der Waals surface area contributed by atoms with Gasteiger partial charge in [-0.1, -0.05) is 31.5 Å². The van der Waals surface area contributed by atoms with Gasteiger partial charge in [0.15, 0.2) is 0 Å². The lowest BCUT2D eigenvalue weighted by molar-refractivity contribution is 0.490. The lowest BCUT2D eigenvalue weighted by atomic mass is 10.2. The van der Waals surface area contributed by atoms with Crippen LogP contribution in [0.2, 0.25) is 0 Å². The van der Waals surface area contributed by atoms with Gasteiger partial charge in [0.1, 0.15) is 0 Å². The fourth-order valence-corrected chi connectivity index (χ4v) is 1.13. The summed E-state index contributed by atoms with van der Waals surface area (Å²) in [5.74, 6) is 0. The highest BCUT2D eigenvalue weighted by Gasteiger charge is 1.89. The maximum Gasteiger partial charge on any atom is 0.0508 e. The number of benzene rings is 1. The fourth-order valence-electron chi connectivity index (χ4n) is 0.690. The molecule has 0 aliphatic heterocycles. The molecule has 0 aliphatic carbocycles. The molecule has 68 valence electrons. The Balaban J connectivity index is 0.000000561. The number of hydrogen-bond donors (Lipinski definition) is 0. The van der Waals surface area contributed by atoms with Gasteiger partial charge in [0.25, 0.3) is 0 Å². The molecule has 0 bridgehead atoms. The topological polar surface area (TPSA) is 9.23 Å². The predicted octanol–water partition coefficient (Wildman–Crippen LogP) is 3.67. The lowest BCUT2D eigenvalue weighted by Crippen LogP contribution is -1.73. The van der Waals surface area contributed by atoms with Crippen LogP contribution in [0.4, 0.5) is 0 Å². The molecule has 0 saturated carbocycles. The standard InChI is InChI=1S/C8H10OS.C2H6/c1-7-3-5-8(6-4-7)10-9-2;1-2/h3-6H,1-2H3;1-2H3. The Morgan fingerprint density at radius 2 is 1.58 bits per heavy atom. The van der Waals surface area contributed by atoms with Gasteiger partial charge in [-0.3, -0.25) is 0 Å². The summed E-state index contributed by atoms with van der Waals surface area (Å²) < 4.78 is 4.88. The van der Waals surface area contributed by atoms with Gasteiger partial charge < -0.3 is 4.18 Å². The van der Waals surface area contributed by atoms with Gasteiger partial charge in [-0.2, -0.15) is 0 Å². The largest absolute Gasteiger partial charge is 0.314 e. The minimum absolute atomic E-state index is 1.15. The smallest absolute Gasteiger partial charge is 0.0508 e. The van der Waals surface area contributed by atoms with Crippen LogP contribution in [0, 0.1) is 6.92 Å². The molecule has 0 aromatic heterocycles. The second-order valence-electron chi connectivity index (χ2n) is 2.06. The van der Waals surface area contributed by atoms with Crippen molar-refractivity contribution >= 4 is 12.0 Å². The molecule has 0 radical (unpaired) electrons. The molecule has 0 fully saturated rings. The normalized spacial score (nSPS) is 8.67. The van der Waals surface area contributed by atoms with Gasteiger partial charge in [-0.15, -0.1) is 0 Å². The molecule has 2 heteroatoms. The van der Waals surface area contributed by atoms with Crippen LogP contribution in [0.3, 0.4) is 0 Å². The quantitative estimate of drug-likeness (QED) is 0.648. The third-order valence-corrected chi connectivity index (χ3v) is 1.83. The van der Waals surface area contributed by atoms with E-state index in [1.54, 1.807) is 7.11 Å². The Labute approximate surface area is 79.3 Å².